The topological polar surface area (TPSA) is 51.0 Å². The van der Waals surface area contributed by atoms with Gasteiger partial charge in [-0.25, -0.2) is 9.67 Å². The quantitative estimate of drug-likeness (QED) is 0.818. The van der Waals surface area contributed by atoms with Crippen LogP contribution in [-0.2, 0) is 0 Å². The number of aryl methyl sites for hydroxylation is 1. The fraction of sp³-hybridized carbons (Fsp3) is 0.438. The second-order valence-corrected chi connectivity index (χ2v) is 5.55. The van der Waals surface area contributed by atoms with Gasteiger partial charge >= 0.3 is 0 Å². The molecular formula is C16H21ClN4O. The van der Waals surface area contributed by atoms with E-state index in [9.17, 15) is 4.79 Å². The summed E-state index contributed by atoms with van der Waals surface area (Å²) < 4.78 is 1.66. The maximum absolute atomic E-state index is 12.5. The molecule has 0 unspecified atom stereocenters. The van der Waals surface area contributed by atoms with Gasteiger partial charge < -0.3 is 4.90 Å². The average Bonchev–Trinajstić information content (AvgIpc) is 2.90. The zero-order valence-corrected chi connectivity index (χ0v) is 14.0. The standard InChI is InChI=1S/C16H21ClN4O/c1-4-6-11-20(5-2)16(22)15-18-12(3)21(19-15)14-9-7-13(17)8-10-14/h7-10H,4-6,11H2,1-3H3. The van der Waals surface area contributed by atoms with Crippen LogP contribution in [0.3, 0.4) is 0 Å². The van der Waals surface area contributed by atoms with Gasteiger partial charge in [0.2, 0.25) is 5.82 Å². The van der Waals surface area contributed by atoms with Gasteiger partial charge in [0.05, 0.1) is 5.69 Å². The van der Waals surface area contributed by atoms with E-state index in [4.69, 9.17) is 11.6 Å². The summed E-state index contributed by atoms with van der Waals surface area (Å²) in [6.45, 7) is 7.31. The van der Waals surface area contributed by atoms with Gasteiger partial charge in [0.1, 0.15) is 5.82 Å². The Hall–Kier alpha value is -1.88. The largest absolute Gasteiger partial charge is 0.336 e. The molecule has 0 bridgehead atoms. The van der Waals surface area contributed by atoms with Crippen LogP contribution in [-0.4, -0.2) is 38.7 Å². The molecule has 22 heavy (non-hydrogen) atoms. The minimum absolute atomic E-state index is 0.119. The number of carbonyl (C=O) groups excluding carboxylic acids is 1. The summed E-state index contributed by atoms with van der Waals surface area (Å²) in [5.74, 6) is 0.800. The van der Waals surface area contributed by atoms with Gasteiger partial charge in [-0.05, 0) is 44.5 Å². The molecular weight excluding hydrogens is 300 g/mol. The molecule has 0 atom stereocenters. The fourth-order valence-corrected chi connectivity index (χ4v) is 2.33. The van der Waals surface area contributed by atoms with E-state index >= 15 is 0 Å². The molecule has 0 radical (unpaired) electrons. The van der Waals surface area contributed by atoms with Crippen molar-refractivity contribution in [3.05, 3.63) is 40.9 Å². The first-order chi connectivity index (χ1) is 10.6. The highest BCUT2D eigenvalue weighted by Gasteiger charge is 2.20. The van der Waals surface area contributed by atoms with E-state index in [1.165, 1.54) is 0 Å². The monoisotopic (exact) mass is 320 g/mol. The molecule has 0 spiro atoms. The van der Waals surface area contributed by atoms with Crippen LogP contribution in [0.1, 0.15) is 43.1 Å². The van der Waals surface area contributed by atoms with Gasteiger partial charge in [0.15, 0.2) is 0 Å². The number of hydrogen-bond donors (Lipinski definition) is 0. The van der Waals surface area contributed by atoms with Crippen molar-refractivity contribution in [2.75, 3.05) is 13.1 Å². The van der Waals surface area contributed by atoms with Crippen LogP contribution >= 0.6 is 11.6 Å². The average molecular weight is 321 g/mol. The third kappa shape index (κ3) is 3.65. The summed E-state index contributed by atoms with van der Waals surface area (Å²) in [5.41, 5.74) is 0.838. The number of carbonyl (C=O) groups is 1. The van der Waals surface area contributed by atoms with E-state index in [1.807, 2.05) is 26.0 Å². The molecule has 0 aliphatic carbocycles. The highest BCUT2D eigenvalue weighted by molar-refractivity contribution is 6.30. The maximum atomic E-state index is 12.5. The number of halogens is 1. The minimum atomic E-state index is -0.119. The van der Waals surface area contributed by atoms with Crippen LogP contribution in [0, 0.1) is 6.92 Å². The number of benzene rings is 1. The van der Waals surface area contributed by atoms with E-state index in [-0.39, 0.29) is 11.7 Å². The van der Waals surface area contributed by atoms with E-state index in [0.717, 1.165) is 25.1 Å². The van der Waals surface area contributed by atoms with Crippen LogP contribution in [0.5, 0.6) is 0 Å². The summed E-state index contributed by atoms with van der Waals surface area (Å²) in [4.78, 5) is 18.6. The van der Waals surface area contributed by atoms with E-state index in [1.54, 1.807) is 21.7 Å². The van der Waals surface area contributed by atoms with Crippen molar-refractivity contribution in [2.45, 2.75) is 33.6 Å². The van der Waals surface area contributed by atoms with Crippen molar-refractivity contribution < 1.29 is 4.79 Å². The fourth-order valence-electron chi connectivity index (χ4n) is 2.20. The molecule has 1 aromatic carbocycles. The summed E-state index contributed by atoms with van der Waals surface area (Å²) >= 11 is 5.90. The molecule has 0 aliphatic heterocycles. The summed E-state index contributed by atoms with van der Waals surface area (Å²) in [5, 5.41) is 5.02. The highest BCUT2D eigenvalue weighted by Crippen LogP contribution is 2.14. The zero-order valence-electron chi connectivity index (χ0n) is 13.2. The lowest BCUT2D eigenvalue weighted by molar-refractivity contribution is 0.0750. The van der Waals surface area contributed by atoms with Gasteiger partial charge in [0.25, 0.3) is 5.91 Å². The van der Waals surface area contributed by atoms with E-state index in [2.05, 4.69) is 17.0 Å². The first-order valence-corrected chi connectivity index (χ1v) is 7.93. The first kappa shape index (κ1) is 16.5. The third-order valence-corrected chi connectivity index (χ3v) is 3.73. The van der Waals surface area contributed by atoms with Crippen molar-refractivity contribution in [3.63, 3.8) is 0 Å². The van der Waals surface area contributed by atoms with Crippen molar-refractivity contribution in [1.82, 2.24) is 19.7 Å². The molecule has 0 N–H and O–H groups in total. The molecule has 1 amide bonds. The molecule has 1 heterocycles. The molecule has 6 heteroatoms. The maximum Gasteiger partial charge on any atom is 0.293 e. The van der Waals surface area contributed by atoms with Crippen LogP contribution < -0.4 is 0 Å². The molecule has 0 saturated carbocycles. The normalized spacial score (nSPS) is 10.7. The lowest BCUT2D eigenvalue weighted by Crippen LogP contribution is -2.32. The highest BCUT2D eigenvalue weighted by atomic mass is 35.5. The number of amides is 1. The molecule has 0 saturated heterocycles. The number of hydrogen-bond acceptors (Lipinski definition) is 3. The van der Waals surface area contributed by atoms with Crippen LogP contribution in [0.4, 0.5) is 0 Å². The molecule has 2 rings (SSSR count). The molecule has 2 aromatic rings. The van der Waals surface area contributed by atoms with Gasteiger partial charge in [-0.15, -0.1) is 5.10 Å². The zero-order chi connectivity index (χ0) is 16.1. The third-order valence-electron chi connectivity index (χ3n) is 3.48. The van der Waals surface area contributed by atoms with Crippen molar-refractivity contribution in [2.24, 2.45) is 0 Å². The summed E-state index contributed by atoms with van der Waals surface area (Å²) in [6.07, 6.45) is 2.03. The van der Waals surface area contributed by atoms with Crippen LogP contribution in [0.2, 0.25) is 5.02 Å². The Bertz CT molecular complexity index is 636. The molecule has 118 valence electrons. The van der Waals surface area contributed by atoms with Crippen LogP contribution in [0.15, 0.2) is 24.3 Å². The minimum Gasteiger partial charge on any atom is -0.336 e. The molecule has 0 fully saturated rings. The lowest BCUT2D eigenvalue weighted by atomic mass is 10.3. The number of unbranched alkanes of at least 4 members (excludes halogenated alkanes) is 1. The molecule has 5 nitrogen and oxygen atoms in total. The number of aromatic nitrogens is 3. The van der Waals surface area contributed by atoms with Gasteiger partial charge in [-0.1, -0.05) is 24.9 Å². The summed E-state index contributed by atoms with van der Waals surface area (Å²) in [7, 11) is 0. The van der Waals surface area contributed by atoms with Gasteiger partial charge in [0, 0.05) is 18.1 Å². The SMILES string of the molecule is CCCCN(CC)C(=O)c1nc(C)n(-c2ccc(Cl)cc2)n1. The molecule has 1 aromatic heterocycles. The van der Waals surface area contributed by atoms with E-state index in [0.29, 0.717) is 17.4 Å². The second kappa shape index (κ2) is 7.40. The Morgan fingerprint density at radius 2 is 1.95 bits per heavy atom. The first-order valence-electron chi connectivity index (χ1n) is 7.55. The van der Waals surface area contributed by atoms with Crippen LogP contribution in [0.25, 0.3) is 5.69 Å². The van der Waals surface area contributed by atoms with E-state index < -0.39 is 0 Å². The van der Waals surface area contributed by atoms with Gasteiger partial charge in [-0.3, -0.25) is 4.79 Å². The Balaban J connectivity index is 2.25. The summed E-state index contributed by atoms with van der Waals surface area (Å²) in [6, 6.07) is 7.29. The predicted molar refractivity (Wildman–Crippen MR) is 87.6 cm³/mol. The van der Waals surface area contributed by atoms with Crippen molar-refractivity contribution in [3.8, 4) is 5.69 Å². The second-order valence-electron chi connectivity index (χ2n) is 5.11. The smallest absolute Gasteiger partial charge is 0.293 e. The Kier molecular flexibility index (Phi) is 5.55. The Morgan fingerprint density at radius 1 is 1.27 bits per heavy atom. The number of rotatable bonds is 6. The number of nitrogens with zero attached hydrogens (tertiary/aromatic N) is 4. The molecule has 0 aliphatic rings. The Labute approximate surface area is 135 Å². The van der Waals surface area contributed by atoms with Crippen molar-refractivity contribution in [1.29, 1.82) is 0 Å². The van der Waals surface area contributed by atoms with Gasteiger partial charge in [-0.2, -0.15) is 0 Å². The van der Waals surface area contributed by atoms with Crippen molar-refractivity contribution >= 4 is 17.5 Å². The Morgan fingerprint density at radius 3 is 2.55 bits per heavy atom. The predicted octanol–water partition coefficient (Wildman–Crippen LogP) is 3.49. The lowest BCUT2D eigenvalue weighted by Gasteiger charge is -2.18.